The van der Waals surface area contributed by atoms with Crippen molar-refractivity contribution in [3.8, 4) is 23.1 Å². The van der Waals surface area contributed by atoms with Crippen LogP contribution in [0.15, 0.2) is 36.4 Å². The molecule has 0 saturated heterocycles. The van der Waals surface area contributed by atoms with E-state index < -0.39 is 47.2 Å². The van der Waals surface area contributed by atoms with Crippen molar-refractivity contribution in [2.45, 2.75) is 19.0 Å². The Morgan fingerprint density at radius 1 is 1.00 bits per heavy atom. The molecule has 1 N–H and O–H groups in total. The molecule has 12 heteroatoms. The predicted molar refractivity (Wildman–Crippen MR) is 87.3 cm³/mol. The first-order valence-electron chi connectivity index (χ1n) is 8.02. The standard InChI is InChI=1S/C18H9F7N4O/c19-13-4-1-9(16-14(7-26)27-29-28-16)6-15(13)30-8-10-5-11(17(20,21)22)2-3-12(10)18(23,24)25/h1-6H,8H2,(H,27,28,29). The Bertz CT molecular complexity index is 1110. The molecule has 1 aromatic heterocycles. The number of hydrogen-bond donors (Lipinski definition) is 1. The van der Waals surface area contributed by atoms with E-state index in [0.717, 1.165) is 12.1 Å². The highest BCUT2D eigenvalue weighted by molar-refractivity contribution is 5.65. The van der Waals surface area contributed by atoms with E-state index in [9.17, 15) is 30.7 Å². The molecule has 0 bridgehead atoms. The fraction of sp³-hybridized carbons (Fsp3) is 0.167. The minimum absolute atomic E-state index is 0.0393. The first kappa shape index (κ1) is 21.1. The summed E-state index contributed by atoms with van der Waals surface area (Å²) in [6.07, 6.45) is -9.81. The van der Waals surface area contributed by atoms with Gasteiger partial charge in [0.25, 0.3) is 0 Å². The summed E-state index contributed by atoms with van der Waals surface area (Å²) in [6, 6.07) is 5.86. The lowest BCUT2D eigenvalue weighted by atomic mass is 10.0. The van der Waals surface area contributed by atoms with E-state index in [4.69, 9.17) is 10.00 Å². The number of aromatic amines is 1. The van der Waals surface area contributed by atoms with Gasteiger partial charge < -0.3 is 4.74 Å². The van der Waals surface area contributed by atoms with Gasteiger partial charge in [0.05, 0.1) is 11.1 Å². The van der Waals surface area contributed by atoms with Gasteiger partial charge in [-0.25, -0.2) is 9.49 Å². The summed E-state index contributed by atoms with van der Waals surface area (Å²) in [7, 11) is 0. The van der Waals surface area contributed by atoms with Crippen molar-refractivity contribution in [2.24, 2.45) is 0 Å². The van der Waals surface area contributed by atoms with Crippen LogP contribution in [0.4, 0.5) is 30.7 Å². The maximum Gasteiger partial charge on any atom is 0.416 e. The molecule has 2 aromatic carbocycles. The Kier molecular flexibility index (Phi) is 5.39. The third kappa shape index (κ3) is 4.35. The second-order valence-electron chi connectivity index (χ2n) is 5.95. The van der Waals surface area contributed by atoms with Crippen LogP contribution in [0.1, 0.15) is 22.4 Å². The summed E-state index contributed by atoms with van der Waals surface area (Å²) in [5.74, 6) is -1.51. The first-order valence-corrected chi connectivity index (χ1v) is 8.02. The van der Waals surface area contributed by atoms with Gasteiger partial charge in [-0.2, -0.15) is 31.6 Å². The minimum Gasteiger partial charge on any atom is -0.486 e. The van der Waals surface area contributed by atoms with E-state index in [1.165, 1.54) is 6.07 Å². The lowest BCUT2D eigenvalue weighted by Gasteiger charge is -2.16. The van der Waals surface area contributed by atoms with Gasteiger partial charge in [-0.3, -0.25) is 0 Å². The summed E-state index contributed by atoms with van der Waals surface area (Å²) in [5.41, 5.74) is -3.31. The molecule has 0 atom stereocenters. The van der Waals surface area contributed by atoms with Gasteiger partial charge >= 0.3 is 12.4 Å². The highest BCUT2D eigenvalue weighted by atomic mass is 19.4. The highest BCUT2D eigenvalue weighted by Gasteiger charge is 2.37. The van der Waals surface area contributed by atoms with Crippen LogP contribution in [0, 0.1) is 17.1 Å². The number of rotatable bonds is 4. The lowest BCUT2D eigenvalue weighted by molar-refractivity contribution is -0.142. The van der Waals surface area contributed by atoms with Crippen molar-refractivity contribution < 1.29 is 35.5 Å². The van der Waals surface area contributed by atoms with Gasteiger partial charge in [-0.15, -0.1) is 5.10 Å². The molecule has 0 radical (unpaired) electrons. The smallest absolute Gasteiger partial charge is 0.416 e. The molecule has 0 aliphatic rings. The van der Waals surface area contributed by atoms with E-state index in [0.29, 0.717) is 18.2 Å². The molecule has 156 valence electrons. The number of ether oxygens (including phenoxy) is 1. The van der Waals surface area contributed by atoms with E-state index in [1.807, 2.05) is 0 Å². The Labute approximate surface area is 163 Å². The van der Waals surface area contributed by atoms with E-state index in [1.54, 1.807) is 6.07 Å². The van der Waals surface area contributed by atoms with Crippen LogP contribution in [-0.4, -0.2) is 15.4 Å². The Morgan fingerprint density at radius 3 is 2.37 bits per heavy atom. The monoisotopic (exact) mass is 430 g/mol. The van der Waals surface area contributed by atoms with Crippen LogP contribution in [0.2, 0.25) is 0 Å². The van der Waals surface area contributed by atoms with Crippen molar-refractivity contribution in [2.75, 3.05) is 0 Å². The Morgan fingerprint density at radius 2 is 1.73 bits per heavy atom. The van der Waals surface area contributed by atoms with Crippen molar-refractivity contribution >= 4 is 0 Å². The van der Waals surface area contributed by atoms with Gasteiger partial charge in [0, 0.05) is 11.1 Å². The van der Waals surface area contributed by atoms with Crippen LogP contribution in [0.3, 0.4) is 0 Å². The number of nitriles is 1. The number of aromatic nitrogens is 3. The topological polar surface area (TPSA) is 74.6 Å². The molecule has 0 aliphatic carbocycles. The zero-order chi connectivity index (χ0) is 22.1. The lowest BCUT2D eigenvalue weighted by Crippen LogP contribution is -2.14. The van der Waals surface area contributed by atoms with Crippen LogP contribution < -0.4 is 4.74 Å². The molecule has 1 heterocycles. The van der Waals surface area contributed by atoms with Crippen LogP contribution in [0.25, 0.3) is 11.3 Å². The normalized spacial score (nSPS) is 11.9. The minimum atomic E-state index is -4.94. The third-order valence-corrected chi connectivity index (χ3v) is 3.99. The van der Waals surface area contributed by atoms with E-state index >= 15 is 0 Å². The van der Waals surface area contributed by atoms with E-state index in [2.05, 4.69) is 15.4 Å². The van der Waals surface area contributed by atoms with Crippen molar-refractivity contribution in [1.29, 1.82) is 5.26 Å². The van der Waals surface area contributed by atoms with Crippen molar-refractivity contribution in [1.82, 2.24) is 15.4 Å². The molecule has 0 fully saturated rings. The third-order valence-electron chi connectivity index (χ3n) is 3.99. The molecule has 0 saturated carbocycles. The average molecular weight is 430 g/mol. The summed E-state index contributed by atoms with van der Waals surface area (Å²) in [6.45, 7) is -0.983. The largest absolute Gasteiger partial charge is 0.486 e. The fourth-order valence-corrected chi connectivity index (χ4v) is 2.59. The number of alkyl halides is 6. The number of halogens is 7. The van der Waals surface area contributed by atoms with Gasteiger partial charge in [0.2, 0.25) is 0 Å². The number of H-pyrrole nitrogens is 1. The quantitative estimate of drug-likeness (QED) is 0.585. The average Bonchev–Trinajstić information content (AvgIpc) is 3.14. The highest BCUT2D eigenvalue weighted by Crippen LogP contribution is 2.37. The van der Waals surface area contributed by atoms with Crippen LogP contribution in [0.5, 0.6) is 5.75 Å². The summed E-state index contributed by atoms with van der Waals surface area (Å²) >= 11 is 0. The molecule has 3 rings (SSSR count). The molecule has 30 heavy (non-hydrogen) atoms. The van der Waals surface area contributed by atoms with Gasteiger partial charge in [-0.1, -0.05) is 5.21 Å². The zero-order valence-electron chi connectivity index (χ0n) is 14.6. The van der Waals surface area contributed by atoms with Gasteiger partial charge in [0.15, 0.2) is 17.3 Å². The summed E-state index contributed by atoms with van der Waals surface area (Å²) in [4.78, 5) is 0. The van der Waals surface area contributed by atoms with Gasteiger partial charge in [-0.05, 0) is 36.4 Å². The predicted octanol–water partition coefficient (Wildman–Crippen LogP) is 5.10. The summed E-state index contributed by atoms with van der Waals surface area (Å²) < 4.78 is 97.2. The van der Waals surface area contributed by atoms with Crippen molar-refractivity contribution in [3.05, 3.63) is 64.6 Å². The SMILES string of the molecule is N#Cc1[nH]nnc1-c1ccc(F)c(OCc2cc(C(F)(F)F)ccc2C(F)(F)F)c1. The maximum atomic E-state index is 14.1. The Balaban J connectivity index is 1.95. The van der Waals surface area contributed by atoms with Crippen LogP contribution >= 0.6 is 0 Å². The Hall–Kier alpha value is -3.62. The number of benzene rings is 2. The van der Waals surface area contributed by atoms with Crippen LogP contribution in [-0.2, 0) is 19.0 Å². The second kappa shape index (κ2) is 7.66. The molecule has 0 aliphatic heterocycles. The number of nitrogens with one attached hydrogen (secondary N) is 1. The van der Waals surface area contributed by atoms with E-state index in [-0.39, 0.29) is 17.0 Å². The molecular formula is C18H9F7N4O. The molecule has 0 amide bonds. The molecule has 0 unspecified atom stereocenters. The number of hydrogen-bond acceptors (Lipinski definition) is 4. The maximum absolute atomic E-state index is 14.1. The number of nitrogens with zero attached hydrogens (tertiary/aromatic N) is 3. The zero-order valence-corrected chi connectivity index (χ0v) is 14.6. The van der Waals surface area contributed by atoms with Crippen molar-refractivity contribution in [3.63, 3.8) is 0 Å². The molecule has 3 aromatic rings. The first-order chi connectivity index (χ1) is 14.0. The summed E-state index contributed by atoms with van der Waals surface area (Å²) in [5, 5.41) is 18.4. The fourth-order valence-electron chi connectivity index (χ4n) is 2.59. The molecular weight excluding hydrogens is 421 g/mol. The van der Waals surface area contributed by atoms with Gasteiger partial charge in [0.1, 0.15) is 18.4 Å². The molecule has 5 nitrogen and oxygen atoms in total. The molecule has 0 spiro atoms. The second-order valence-corrected chi connectivity index (χ2v) is 5.95.